The zero-order valence-electron chi connectivity index (χ0n) is 16.5. The number of aromatic nitrogens is 2. The summed E-state index contributed by atoms with van der Waals surface area (Å²) in [6.45, 7) is 4.61. The van der Waals surface area contributed by atoms with Crippen molar-refractivity contribution in [2.45, 2.75) is 38.3 Å². The van der Waals surface area contributed by atoms with E-state index in [9.17, 15) is 13.6 Å². The van der Waals surface area contributed by atoms with E-state index in [0.29, 0.717) is 55.1 Å². The predicted molar refractivity (Wildman–Crippen MR) is 103 cm³/mol. The van der Waals surface area contributed by atoms with Crippen LogP contribution in [0.2, 0.25) is 0 Å². The molecule has 2 amide bonds. The molecule has 1 aromatic carbocycles. The first kappa shape index (κ1) is 18.8. The van der Waals surface area contributed by atoms with Crippen LogP contribution < -0.4 is 5.32 Å². The lowest BCUT2D eigenvalue weighted by Gasteiger charge is -2.30. The summed E-state index contributed by atoms with van der Waals surface area (Å²) in [5, 5.41) is 3.24. The van der Waals surface area contributed by atoms with Crippen LogP contribution in [0.3, 0.4) is 0 Å². The minimum atomic E-state index is -0.862. The van der Waals surface area contributed by atoms with Gasteiger partial charge >= 0.3 is 6.03 Å². The van der Waals surface area contributed by atoms with Crippen LogP contribution in [0.5, 0.6) is 0 Å². The van der Waals surface area contributed by atoms with E-state index in [1.165, 1.54) is 6.07 Å². The Kier molecular flexibility index (Phi) is 4.69. The van der Waals surface area contributed by atoms with Crippen molar-refractivity contribution >= 4 is 17.1 Å². The van der Waals surface area contributed by atoms with Crippen LogP contribution in [0.25, 0.3) is 11.0 Å². The number of hydrogen-bond donors (Lipinski definition) is 1. The van der Waals surface area contributed by atoms with Gasteiger partial charge in [-0.1, -0.05) is 6.92 Å². The number of nitrogens with one attached hydrogen (secondary N) is 1. The summed E-state index contributed by atoms with van der Waals surface area (Å²) < 4.78 is 34.5. The van der Waals surface area contributed by atoms with Gasteiger partial charge in [0.2, 0.25) is 0 Å². The molecule has 1 saturated heterocycles. The summed E-state index contributed by atoms with van der Waals surface area (Å²) in [6.07, 6.45) is 4.59. The second kappa shape index (κ2) is 7.23. The van der Waals surface area contributed by atoms with Gasteiger partial charge in [0.25, 0.3) is 0 Å². The Morgan fingerprint density at radius 1 is 1.24 bits per heavy atom. The highest BCUT2D eigenvalue weighted by molar-refractivity contribution is 5.76. The van der Waals surface area contributed by atoms with Crippen molar-refractivity contribution in [1.29, 1.82) is 0 Å². The Morgan fingerprint density at radius 2 is 1.93 bits per heavy atom. The minimum Gasteiger partial charge on any atom is -0.378 e. The fraction of sp³-hybridized carbons (Fsp3) is 0.619. The van der Waals surface area contributed by atoms with Gasteiger partial charge in [0.1, 0.15) is 0 Å². The molecule has 0 spiro atoms. The van der Waals surface area contributed by atoms with Crippen LogP contribution in [0.15, 0.2) is 18.5 Å². The molecule has 3 fully saturated rings. The van der Waals surface area contributed by atoms with E-state index in [4.69, 9.17) is 4.74 Å². The van der Waals surface area contributed by atoms with Gasteiger partial charge in [-0.25, -0.2) is 18.6 Å². The lowest BCUT2D eigenvalue weighted by atomic mass is 9.99. The Balaban J connectivity index is 1.23. The standard InChI is InChI=1S/C21H26F2N4O2/c1-2-17(25-21(28)26-3-5-29-6-4-26)20-13-7-12(8-14(13)20)27-11-24-18-9-15(22)16(23)10-19(18)27/h9-14,17,20H,2-8H2,1H3,(H,25,28)/t12-,13-,14+,17-,20+/m1/s1. The van der Waals surface area contributed by atoms with Gasteiger partial charge in [-0.15, -0.1) is 0 Å². The van der Waals surface area contributed by atoms with Crippen molar-refractivity contribution in [2.75, 3.05) is 26.3 Å². The molecule has 156 valence electrons. The second-order valence-electron chi connectivity index (χ2n) is 8.50. The summed E-state index contributed by atoms with van der Waals surface area (Å²) >= 11 is 0. The molecule has 8 heteroatoms. The third-order valence-corrected chi connectivity index (χ3v) is 7.01. The van der Waals surface area contributed by atoms with Gasteiger partial charge < -0.3 is 19.5 Å². The summed E-state index contributed by atoms with van der Waals surface area (Å²) in [7, 11) is 0. The average molecular weight is 404 g/mol. The zero-order chi connectivity index (χ0) is 20.1. The topological polar surface area (TPSA) is 59.4 Å². The quantitative estimate of drug-likeness (QED) is 0.850. The fourth-order valence-corrected chi connectivity index (χ4v) is 5.49. The maximum Gasteiger partial charge on any atom is 0.317 e. The highest BCUT2D eigenvalue weighted by atomic mass is 19.2. The molecular formula is C21H26F2N4O2. The van der Waals surface area contributed by atoms with E-state index in [0.717, 1.165) is 25.3 Å². The van der Waals surface area contributed by atoms with Crippen molar-refractivity contribution < 1.29 is 18.3 Å². The predicted octanol–water partition coefficient (Wildman–Crippen LogP) is 3.33. The van der Waals surface area contributed by atoms with Crippen LogP contribution in [0.1, 0.15) is 32.2 Å². The first-order valence-electron chi connectivity index (χ1n) is 10.5. The molecule has 1 aromatic heterocycles. The molecule has 2 aliphatic carbocycles. The van der Waals surface area contributed by atoms with Crippen molar-refractivity contribution in [3.8, 4) is 0 Å². The van der Waals surface area contributed by atoms with Gasteiger partial charge in [0.05, 0.1) is 30.6 Å². The molecule has 2 aromatic rings. The average Bonchev–Trinajstić information content (AvgIpc) is 3.05. The van der Waals surface area contributed by atoms with Gasteiger partial charge in [-0.05, 0) is 37.0 Å². The molecule has 6 nitrogen and oxygen atoms in total. The summed E-state index contributed by atoms with van der Waals surface area (Å²) in [4.78, 5) is 18.6. The molecule has 0 bridgehead atoms. The fourth-order valence-electron chi connectivity index (χ4n) is 5.49. The SMILES string of the molecule is CC[C@@H](NC(=O)N1CCOCC1)[C@H]1[C@@H]2C[C@@H](n3cnc4cc(F)c(F)cc43)C[C@@H]21. The second-order valence-corrected chi connectivity index (χ2v) is 8.50. The molecule has 29 heavy (non-hydrogen) atoms. The van der Waals surface area contributed by atoms with Gasteiger partial charge in [-0.2, -0.15) is 0 Å². The number of nitrogens with zero attached hydrogens (tertiary/aromatic N) is 3. The maximum atomic E-state index is 13.7. The Morgan fingerprint density at radius 3 is 2.62 bits per heavy atom. The molecule has 0 radical (unpaired) electrons. The van der Waals surface area contributed by atoms with E-state index < -0.39 is 11.6 Å². The first-order valence-corrected chi connectivity index (χ1v) is 10.5. The van der Waals surface area contributed by atoms with Crippen LogP contribution in [-0.2, 0) is 4.74 Å². The smallest absolute Gasteiger partial charge is 0.317 e. The zero-order valence-corrected chi connectivity index (χ0v) is 16.5. The van der Waals surface area contributed by atoms with Crippen molar-refractivity contribution in [3.05, 3.63) is 30.1 Å². The maximum absolute atomic E-state index is 13.7. The number of rotatable bonds is 4. The highest BCUT2D eigenvalue weighted by Gasteiger charge is 2.59. The number of benzene rings is 1. The molecule has 3 aliphatic rings. The largest absolute Gasteiger partial charge is 0.378 e. The normalized spacial score (nSPS) is 29.7. The van der Waals surface area contributed by atoms with Crippen LogP contribution in [0.4, 0.5) is 13.6 Å². The highest BCUT2D eigenvalue weighted by Crippen LogP contribution is 2.62. The molecule has 5 rings (SSSR count). The summed E-state index contributed by atoms with van der Waals surface area (Å²) in [5.74, 6) is -0.0587. The number of hydrogen-bond acceptors (Lipinski definition) is 3. The lowest BCUT2D eigenvalue weighted by Crippen LogP contribution is -2.50. The van der Waals surface area contributed by atoms with Crippen LogP contribution in [0, 0.1) is 29.4 Å². The number of urea groups is 1. The third kappa shape index (κ3) is 3.27. The molecule has 1 N–H and O–H groups in total. The molecule has 2 saturated carbocycles. The lowest BCUT2D eigenvalue weighted by molar-refractivity contribution is 0.0521. The third-order valence-electron chi connectivity index (χ3n) is 7.01. The van der Waals surface area contributed by atoms with E-state index in [1.807, 2.05) is 9.47 Å². The number of imidazole rings is 1. The van der Waals surface area contributed by atoms with Crippen LogP contribution >= 0.6 is 0 Å². The van der Waals surface area contributed by atoms with Crippen molar-refractivity contribution in [1.82, 2.24) is 19.8 Å². The molecular weight excluding hydrogens is 378 g/mol. The number of amides is 2. The first-order chi connectivity index (χ1) is 14.1. The van der Waals surface area contributed by atoms with Gasteiger partial charge in [0.15, 0.2) is 11.6 Å². The van der Waals surface area contributed by atoms with Crippen LogP contribution in [-0.4, -0.2) is 52.8 Å². The Labute approximate surface area is 168 Å². The van der Waals surface area contributed by atoms with Crippen molar-refractivity contribution in [3.63, 3.8) is 0 Å². The number of carbonyl (C=O) groups excluding carboxylic acids is 1. The van der Waals surface area contributed by atoms with Crippen molar-refractivity contribution in [2.24, 2.45) is 17.8 Å². The van der Waals surface area contributed by atoms with Gasteiger partial charge in [0, 0.05) is 37.3 Å². The number of morpholine rings is 1. The molecule has 2 heterocycles. The number of fused-ring (bicyclic) bond motifs is 2. The Hall–Kier alpha value is -2.22. The molecule has 0 unspecified atom stereocenters. The molecule has 1 aliphatic heterocycles. The summed E-state index contributed by atoms with van der Waals surface area (Å²) in [5.41, 5.74) is 1.14. The van der Waals surface area contributed by atoms with Gasteiger partial charge in [-0.3, -0.25) is 0 Å². The molecule has 5 atom stereocenters. The number of ether oxygens (including phenoxy) is 1. The minimum absolute atomic E-state index is 0.0137. The Bertz CT molecular complexity index is 915. The van der Waals surface area contributed by atoms with E-state index in [1.54, 1.807) is 6.33 Å². The monoisotopic (exact) mass is 404 g/mol. The number of carbonyl (C=O) groups is 1. The summed E-state index contributed by atoms with van der Waals surface area (Å²) in [6, 6.07) is 2.86. The van der Waals surface area contributed by atoms with E-state index in [-0.39, 0.29) is 18.1 Å². The van der Waals surface area contributed by atoms with E-state index in [2.05, 4.69) is 17.2 Å². The van der Waals surface area contributed by atoms with E-state index >= 15 is 0 Å². The number of halogens is 2.